The van der Waals surface area contributed by atoms with Gasteiger partial charge in [-0.15, -0.1) is 0 Å². The van der Waals surface area contributed by atoms with Crippen LogP contribution in [0.5, 0.6) is 5.75 Å². The van der Waals surface area contributed by atoms with E-state index in [2.05, 4.69) is 0 Å². The fraction of sp³-hybridized carbons (Fsp3) is 0.143. The summed E-state index contributed by atoms with van der Waals surface area (Å²) in [4.78, 5) is 0. The maximum absolute atomic E-state index is 12.9. The molecule has 0 saturated carbocycles. The number of nitrogens with two attached hydrogens (primary N) is 1. The largest absolute Gasteiger partial charge is 0.487 e. The van der Waals surface area contributed by atoms with Crippen molar-refractivity contribution in [2.75, 3.05) is 5.73 Å². The molecule has 112 valence electrons. The fourth-order valence-electron chi connectivity index (χ4n) is 1.73. The minimum absolute atomic E-state index is 0.0253. The van der Waals surface area contributed by atoms with Gasteiger partial charge in [0.2, 0.25) is 0 Å². The molecule has 0 radical (unpaired) electrons. The zero-order chi connectivity index (χ0) is 15.6. The van der Waals surface area contributed by atoms with Gasteiger partial charge >= 0.3 is 6.18 Å². The Balaban J connectivity index is 2.24. The number of halogens is 5. The molecule has 2 nitrogen and oxygen atoms in total. The molecule has 7 heteroatoms. The molecule has 0 saturated heterocycles. The van der Waals surface area contributed by atoms with Gasteiger partial charge in [0.05, 0.1) is 10.6 Å². The maximum atomic E-state index is 12.9. The summed E-state index contributed by atoms with van der Waals surface area (Å²) in [6, 6.07) is 8.03. The van der Waals surface area contributed by atoms with Crippen molar-refractivity contribution in [2.24, 2.45) is 0 Å². The second-order valence-electron chi connectivity index (χ2n) is 4.28. The van der Waals surface area contributed by atoms with E-state index in [1.54, 1.807) is 0 Å². The number of ether oxygens (including phenoxy) is 1. The molecule has 21 heavy (non-hydrogen) atoms. The van der Waals surface area contributed by atoms with Crippen molar-refractivity contribution in [1.29, 1.82) is 0 Å². The van der Waals surface area contributed by atoms with Crippen LogP contribution in [0.25, 0.3) is 0 Å². The molecule has 2 aromatic carbocycles. The summed E-state index contributed by atoms with van der Waals surface area (Å²) in [5, 5.41) is 0.641. The first-order valence-electron chi connectivity index (χ1n) is 5.81. The van der Waals surface area contributed by atoms with E-state index in [4.69, 9.17) is 33.7 Å². The summed E-state index contributed by atoms with van der Waals surface area (Å²) in [5.41, 5.74) is 4.58. The third-order valence-electron chi connectivity index (χ3n) is 2.72. The molecule has 0 spiro atoms. The van der Waals surface area contributed by atoms with Crippen molar-refractivity contribution >= 4 is 28.9 Å². The van der Waals surface area contributed by atoms with Gasteiger partial charge < -0.3 is 10.5 Å². The van der Waals surface area contributed by atoms with Crippen LogP contribution in [0.2, 0.25) is 10.0 Å². The van der Waals surface area contributed by atoms with E-state index in [1.165, 1.54) is 30.3 Å². The lowest BCUT2D eigenvalue weighted by Gasteiger charge is -2.15. The normalized spacial score (nSPS) is 11.5. The lowest BCUT2D eigenvalue weighted by Crippen LogP contribution is -2.11. The average Bonchev–Trinajstić information content (AvgIpc) is 2.38. The molecule has 0 atom stereocenters. The minimum Gasteiger partial charge on any atom is -0.487 e. The van der Waals surface area contributed by atoms with Crippen LogP contribution < -0.4 is 10.5 Å². The highest BCUT2D eigenvalue weighted by atomic mass is 35.5. The zero-order valence-electron chi connectivity index (χ0n) is 10.5. The number of nitrogen functional groups attached to an aromatic ring is 1. The van der Waals surface area contributed by atoms with Gasteiger partial charge in [-0.05, 0) is 30.3 Å². The topological polar surface area (TPSA) is 35.2 Å². The number of anilines is 1. The van der Waals surface area contributed by atoms with Gasteiger partial charge in [-0.2, -0.15) is 13.2 Å². The van der Waals surface area contributed by atoms with E-state index >= 15 is 0 Å². The van der Waals surface area contributed by atoms with Crippen LogP contribution in [-0.4, -0.2) is 0 Å². The molecular weight excluding hydrogens is 326 g/mol. The first-order chi connectivity index (χ1) is 9.77. The Kier molecular flexibility index (Phi) is 4.54. The molecule has 0 aliphatic heterocycles. The number of alkyl halides is 3. The van der Waals surface area contributed by atoms with E-state index < -0.39 is 11.7 Å². The zero-order valence-corrected chi connectivity index (χ0v) is 12.1. The van der Waals surface area contributed by atoms with Crippen LogP contribution in [0.3, 0.4) is 0 Å². The lowest BCUT2D eigenvalue weighted by molar-refractivity contribution is -0.138. The maximum Gasteiger partial charge on any atom is 0.416 e. The minimum atomic E-state index is -4.50. The van der Waals surface area contributed by atoms with E-state index in [1.807, 2.05) is 0 Å². The summed E-state index contributed by atoms with van der Waals surface area (Å²) in [6.07, 6.45) is -4.50. The fourth-order valence-corrected chi connectivity index (χ4v) is 2.19. The van der Waals surface area contributed by atoms with Gasteiger partial charge in [0.15, 0.2) is 0 Å². The number of hydrogen-bond acceptors (Lipinski definition) is 2. The van der Waals surface area contributed by atoms with E-state index in [0.29, 0.717) is 5.02 Å². The Morgan fingerprint density at radius 2 is 1.76 bits per heavy atom. The van der Waals surface area contributed by atoms with E-state index in [9.17, 15) is 13.2 Å². The SMILES string of the molecule is Nc1ccc(COc2ccc(Cl)cc2Cl)c(C(F)(F)F)c1. The van der Waals surface area contributed by atoms with Crippen LogP contribution in [0.4, 0.5) is 18.9 Å². The number of hydrogen-bond donors (Lipinski definition) is 1. The van der Waals surface area contributed by atoms with Crippen molar-refractivity contribution in [3.63, 3.8) is 0 Å². The predicted molar refractivity (Wildman–Crippen MR) is 76.7 cm³/mol. The van der Waals surface area contributed by atoms with Gasteiger partial charge in [0, 0.05) is 16.3 Å². The third kappa shape index (κ3) is 3.95. The first kappa shape index (κ1) is 15.8. The Labute approximate surface area is 129 Å². The Morgan fingerprint density at radius 1 is 1.05 bits per heavy atom. The van der Waals surface area contributed by atoms with Gasteiger partial charge in [-0.3, -0.25) is 0 Å². The molecule has 2 rings (SSSR count). The number of benzene rings is 2. The van der Waals surface area contributed by atoms with Gasteiger partial charge in [-0.25, -0.2) is 0 Å². The molecule has 0 aliphatic rings. The van der Waals surface area contributed by atoms with Crippen molar-refractivity contribution in [2.45, 2.75) is 12.8 Å². The molecular formula is C14H10Cl2F3NO. The van der Waals surface area contributed by atoms with Gasteiger partial charge in [-0.1, -0.05) is 29.3 Å². The quantitative estimate of drug-likeness (QED) is 0.785. The highest BCUT2D eigenvalue weighted by Crippen LogP contribution is 2.34. The molecule has 0 fully saturated rings. The smallest absolute Gasteiger partial charge is 0.416 e. The molecule has 0 bridgehead atoms. The molecule has 0 aliphatic carbocycles. The standard InChI is InChI=1S/C14H10Cl2F3NO/c15-9-2-4-13(12(16)5-9)21-7-8-1-3-10(20)6-11(8)14(17,18)19/h1-6H,7,20H2. The molecule has 2 aromatic rings. The van der Waals surface area contributed by atoms with E-state index in [-0.39, 0.29) is 28.6 Å². The predicted octanol–water partition coefficient (Wildman–Crippen LogP) is 5.17. The first-order valence-corrected chi connectivity index (χ1v) is 6.56. The van der Waals surface area contributed by atoms with E-state index in [0.717, 1.165) is 6.07 Å². The van der Waals surface area contributed by atoms with Crippen LogP contribution in [0.1, 0.15) is 11.1 Å². The molecule has 2 N–H and O–H groups in total. The molecule has 0 amide bonds. The number of rotatable bonds is 3. The van der Waals surface area contributed by atoms with Gasteiger partial charge in [0.1, 0.15) is 12.4 Å². The monoisotopic (exact) mass is 335 g/mol. The van der Waals surface area contributed by atoms with Crippen LogP contribution in [0, 0.1) is 0 Å². The Bertz CT molecular complexity index is 659. The van der Waals surface area contributed by atoms with Crippen molar-refractivity contribution in [1.82, 2.24) is 0 Å². The van der Waals surface area contributed by atoms with Crippen LogP contribution in [-0.2, 0) is 12.8 Å². The highest BCUT2D eigenvalue weighted by Gasteiger charge is 2.33. The van der Waals surface area contributed by atoms with Gasteiger partial charge in [0.25, 0.3) is 0 Å². The summed E-state index contributed by atoms with van der Waals surface area (Å²) in [5.74, 6) is 0.256. The molecule has 0 unspecified atom stereocenters. The Hall–Kier alpha value is -1.59. The summed E-state index contributed by atoms with van der Waals surface area (Å²) in [7, 11) is 0. The van der Waals surface area contributed by atoms with Crippen molar-refractivity contribution in [3.8, 4) is 5.75 Å². The Morgan fingerprint density at radius 3 is 2.38 bits per heavy atom. The van der Waals surface area contributed by atoms with Crippen molar-refractivity contribution in [3.05, 3.63) is 57.6 Å². The van der Waals surface area contributed by atoms with Crippen molar-refractivity contribution < 1.29 is 17.9 Å². The second kappa shape index (κ2) is 6.03. The average molecular weight is 336 g/mol. The summed E-state index contributed by atoms with van der Waals surface area (Å²) in [6.45, 7) is -0.281. The summed E-state index contributed by atoms with van der Waals surface area (Å²) >= 11 is 11.6. The van der Waals surface area contributed by atoms with Crippen LogP contribution >= 0.6 is 23.2 Å². The lowest BCUT2D eigenvalue weighted by atomic mass is 10.1. The highest BCUT2D eigenvalue weighted by molar-refractivity contribution is 6.35. The third-order valence-corrected chi connectivity index (χ3v) is 3.25. The second-order valence-corrected chi connectivity index (χ2v) is 5.12. The van der Waals surface area contributed by atoms with Crippen LogP contribution in [0.15, 0.2) is 36.4 Å². The summed E-state index contributed by atoms with van der Waals surface area (Å²) < 4.78 is 44.1. The molecule has 0 aromatic heterocycles. The molecule has 0 heterocycles.